The Bertz CT molecular complexity index is 1010. The number of rotatable bonds is 8. The molecule has 0 saturated carbocycles. The molecule has 176 valence electrons. The molecule has 4 rings (SSSR count). The van der Waals surface area contributed by atoms with Gasteiger partial charge < -0.3 is 24.8 Å². The van der Waals surface area contributed by atoms with Gasteiger partial charge in [-0.2, -0.15) is 4.98 Å². The highest BCUT2D eigenvalue weighted by Crippen LogP contribution is 2.27. The Kier molecular flexibility index (Phi) is 6.64. The van der Waals surface area contributed by atoms with E-state index in [4.69, 9.17) is 14.6 Å². The number of ether oxygens (including phenoxy) is 2. The van der Waals surface area contributed by atoms with Crippen molar-refractivity contribution in [3.63, 3.8) is 0 Å². The van der Waals surface area contributed by atoms with Crippen LogP contribution in [-0.2, 0) is 22.7 Å². The normalized spacial score (nSPS) is 16.8. The van der Waals surface area contributed by atoms with E-state index in [-0.39, 0.29) is 30.8 Å². The Balaban J connectivity index is 1.35. The van der Waals surface area contributed by atoms with E-state index in [1.165, 1.54) is 4.90 Å². The van der Waals surface area contributed by atoms with Crippen LogP contribution in [-0.4, -0.2) is 57.9 Å². The van der Waals surface area contributed by atoms with Gasteiger partial charge in [-0.3, -0.25) is 4.90 Å². The molecule has 1 aromatic heterocycles. The molecule has 2 aliphatic heterocycles. The highest BCUT2D eigenvalue weighted by Gasteiger charge is 2.31. The summed E-state index contributed by atoms with van der Waals surface area (Å²) in [5, 5.41) is 12.2. The molecule has 3 heterocycles. The highest BCUT2D eigenvalue weighted by atomic mass is 16.6. The molecule has 2 amide bonds. The molecule has 1 fully saturated rings. The third kappa shape index (κ3) is 5.33. The number of nitrogens with zero attached hydrogens (tertiary/aromatic N) is 4. The van der Waals surface area contributed by atoms with Crippen molar-refractivity contribution in [3.8, 4) is 0 Å². The Morgan fingerprint density at radius 2 is 2.00 bits per heavy atom. The van der Waals surface area contributed by atoms with Gasteiger partial charge in [-0.05, 0) is 24.0 Å². The van der Waals surface area contributed by atoms with Gasteiger partial charge in [0.05, 0.1) is 37.4 Å². The lowest BCUT2D eigenvalue weighted by Gasteiger charge is -2.36. The van der Waals surface area contributed by atoms with E-state index in [1.807, 2.05) is 45.0 Å². The van der Waals surface area contributed by atoms with Crippen LogP contribution in [0.25, 0.3) is 0 Å². The first kappa shape index (κ1) is 22.8. The first-order valence-corrected chi connectivity index (χ1v) is 11.0. The summed E-state index contributed by atoms with van der Waals surface area (Å²) in [7, 11) is 0. The zero-order valence-corrected chi connectivity index (χ0v) is 19.0. The SMILES string of the molecule is CC(C)CN1C(=O)OCc2cnc(NC(C)c3ccc(COC4CN(C(=O)O)C4)cc3)nc21. The van der Waals surface area contributed by atoms with Gasteiger partial charge in [-0.15, -0.1) is 0 Å². The highest BCUT2D eigenvalue weighted by molar-refractivity contribution is 5.89. The number of aromatic nitrogens is 2. The molecule has 1 unspecified atom stereocenters. The fourth-order valence-corrected chi connectivity index (χ4v) is 3.73. The van der Waals surface area contributed by atoms with Crippen molar-refractivity contribution < 1.29 is 24.2 Å². The minimum Gasteiger partial charge on any atom is -0.465 e. The van der Waals surface area contributed by atoms with Gasteiger partial charge in [-0.25, -0.2) is 14.6 Å². The molecule has 0 radical (unpaired) electrons. The Hall–Kier alpha value is -3.40. The fourth-order valence-electron chi connectivity index (χ4n) is 3.73. The van der Waals surface area contributed by atoms with E-state index in [2.05, 4.69) is 15.3 Å². The van der Waals surface area contributed by atoms with Crippen LogP contribution < -0.4 is 10.2 Å². The number of fused-ring (bicyclic) bond motifs is 1. The quantitative estimate of drug-likeness (QED) is 0.620. The van der Waals surface area contributed by atoms with Gasteiger partial charge in [0.25, 0.3) is 0 Å². The average Bonchev–Trinajstić information content (AvgIpc) is 2.74. The molecule has 0 aliphatic carbocycles. The molecule has 1 aromatic carbocycles. The lowest BCUT2D eigenvalue weighted by molar-refractivity contribution is -0.0522. The Labute approximate surface area is 192 Å². The number of nitrogens with one attached hydrogen (secondary N) is 1. The van der Waals surface area contributed by atoms with Crippen LogP contribution in [0.1, 0.15) is 43.5 Å². The predicted octanol–water partition coefficient (Wildman–Crippen LogP) is 3.64. The monoisotopic (exact) mass is 455 g/mol. The smallest absolute Gasteiger partial charge is 0.415 e. The predicted molar refractivity (Wildman–Crippen MR) is 121 cm³/mol. The van der Waals surface area contributed by atoms with Crippen LogP contribution in [0.4, 0.5) is 21.4 Å². The summed E-state index contributed by atoms with van der Waals surface area (Å²) in [5.41, 5.74) is 2.86. The Morgan fingerprint density at radius 1 is 1.27 bits per heavy atom. The van der Waals surface area contributed by atoms with Crippen LogP contribution in [0.2, 0.25) is 0 Å². The third-order valence-electron chi connectivity index (χ3n) is 5.65. The number of carboxylic acid groups (broad SMARTS) is 1. The van der Waals surface area contributed by atoms with Crippen LogP contribution in [0.3, 0.4) is 0 Å². The lowest BCUT2D eigenvalue weighted by atomic mass is 10.1. The zero-order valence-electron chi connectivity index (χ0n) is 19.0. The van der Waals surface area contributed by atoms with Crippen molar-refractivity contribution >= 4 is 24.0 Å². The molecule has 2 N–H and O–H groups in total. The number of likely N-dealkylation sites (tertiary alicyclic amines) is 1. The van der Waals surface area contributed by atoms with E-state index in [1.54, 1.807) is 11.1 Å². The van der Waals surface area contributed by atoms with Crippen molar-refractivity contribution in [2.24, 2.45) is 5.92 Å². The molecule has 2 aromatic rings. The van der Waals surface area contributed by atoms with E-state index >= 15 is 0 Å². The maximum atomic E-state index is 12.2. The number of carbonyl (C=O) groups is 2. The fraction of sp³-hybridized carbons (Fsp3) is 0.478. The number of hydrogen-bond donors (Lipinski definition) is 2. The second-order valence-corrected chi connectivity index (χ2v) is 8.83. The van der Waals surface area contributed by atoms with Crippen molar-refractivity contribution in [3.05, 3.63) is 47.2 Å². The first-order chi connectivity index (χ1) is 15.8. The molecule has 2 aliphatic rings. The Morgan fingerprint density at radius 3 is 2.67 bits per heavy atom. The molecular weight excluding hydrogens is 426 g/mol. The van der Waals surface area contributed by atoms with Gasteiger partial charge in [0.1, 0.15) is 12.4 Å². The van der Waals surface area contributed by atoms with E-state index in [0.29, 0.717) is 38.0 Å². The third-order valence-corrected chi connectivity index (χ3v) is 5.65. The maximum absolute atomic E-state index is 12.2. The van der Waals surface area contributed by atoms with Crippen molar-refractivity contribution in [1.29, 1.82) is 0 Å². The summed E-state index contributed by atoms with van der Waals surface area (Å²) in [5.74, 6) is 1.32. The minimum atomic E-state index is -0.906. The molecule has 33 heavy (non-hydrogen) atoms. The second-order valence-electron chi connectivity index (χ2n) is 8.83. The number of benzene rings is 1. The molecule has 1 atom stereocenters. The molecule has 1 saturated heterocycles. The number of amides is 2. The number of carbonyl (C=O) groups excluding carboxylic acids is 1. The minimum absolute atomic E-state index is 0.0462. The van der Waals surface area contributed by atoms with Crippen molar-refractivity contribution in [1.82, 2.24) is 14.9 Å². The molecule has 10 nitrogen and oxygen atoms in total. The van der Waals surface area contributed by atoms with E-state index in [0.717, 1.165) is 16.7 Å². The molecule has 10 heteroatoms. The lowest BCUT2D eigenvalue weighted by Crippen LogP contribution is -2.54. The van der Waals surface area contributed by atoms with Gasteiger partial charge in [0, 0.05) is 12.7 Å². The van der Waals surface area contributed by atoms with E-state index in [9.17, 15) is 9.59 Å². The summed E-state index contributed by atoms with van der Waals surface area (Å²) in [6.45, 7) is 8.07. The topological polar surface area (TPSA) is 117 Å². The molecular formula is C23H29N5O5. The van der Waals surface area contributed by atoms with Gasteiger partial charge in [0.2, 0.25) is 5.95 Å². The van der Waals surface area contributed by atoms with Gasteiger partial charge in [0.15, 0.2) is 0 Å². The number of cyclic esters (lactones) is 1. The van der Waals surface area contributed by atoms with Crippen LogP contribution in [0.15, 0.2) is 30.5 Å². The van der Waals surface area contributed by atoms with Crippen LogP contribution in [0, 0.1) is 5.92 Å². The van der Waals surface area contributed by atoms with Crippen molar-refractivity contribution in [2.75, 3.05) is 29.9 Å². The largest absolute Gasteiger partial charge is 0.465 e. The molecule has 0 spiro atoms. The summed E-state index contributed by atoms with van der Waals surface area (Å²) >= 11 is 0. The summed E-state index contributed by atoms with van der Waals surface area (Å²) in [4.78, 5) is 34.9. The van der Waals surface area contributed by atoms with Gasteiger partial charge in [-0.1, -0.05) is 38.1 Å². The van der Waals surface area contributed by atoms with Gasteiger partial charge >= 0.3 is 12.2 Å². The molecule has 0 bridgehead atoms. The average molecular weight is 456 g/mol. The maximum Gasteiger partial charge on any atom is 0.415 e. The number of hydrogen-bond acceptors (Lipinski definition) is 7. The first-order valence-electron chi connectivity index (χ1n) is 11.0. The number of anilines is 2. The van der Waals surface area contributed by atoms with Crippen LogP contribution in [0.5, 0.6) is 0 Å². The van der Waals surface area contributed by atoms with E-state index < -0.39 is 6.09 Å². The van der Waals surface area contributed by atoms with Crippen molar-refractivity contribution in [2.45, 2.75) is 46.1 Å². The second kappa shape index (κ2) is 9.62. The summed E-state index contributed by atoms with van der Waals surface area (Å²) in [6, 6.07) is 7.97. The standard InChI is InChI=1S/C23H29N5O5/c1-14(2)9-28-20-18(13-33-23(28)31)8-24-21(26-20)25-15(3)17-6-4-16(5-7-17)12-32-19-10-27(11-19)22(29)30/h4-8,14-15,19H,9-13H2,1-3H3,(H,29,30)(H,24,25,26). The summed E-state index contributed by atoms with van der Waals surface area (Å²) < 4.78 is 11.0. The summed E-state index contributed by atoms with van der Waals surface area (Å²) in [6.07, 6.45) is 0.360. The zero-order chi connectivity index (χ0) is 23.5. The van der Waals surface area contributed by atoms with Crippen LogP contribution >= 0.6 is 0 Å².